The molecule has 3 aromatic carbocycles. The van der Waals surface area contributed by atoms with Crippen molar-refractivity contribution in [2.45, 2.75) is 0 Å². The Labute approximate surface area is 170 Å². The van der Waals surface area contributed by atoms with Crippen LogP contribution in [0.5, 0.6) is 5.75 Å². The number of fused-ring (bicyclic) bond motifs is 2. The summed E-state index contributed by atoms with van der Waals surface area (Å²) >= 11 is 1.35. The molecule has 0 fully saturated rings. The summed E-state index contributed by atoms with van der Waals surface area (Å²) in [6.45, 7) is 0.0218. The topological polar surface area (TPSA) is 80.3 Å². The number of carbonyl (C=O) groups excluding carboxylic acids is 2. The summed E-state index contributed by atoms with van der Waals surface area (Å²) in [6, 6.07) is 19.0. The Bertz CT molecular complexity index is 1270. The fraction of sp³-hybridized carbons (Fsp3) is 0.0455. The largest absolute Gasteiger partial charge is 0.482 e. The summed E-state index contributed by atoms with van der Waals surface area (Å²) in [5, 5.41) is 10.1. The van der Waals surface area contributed by atoms with Gasteiger partial charge in [0.1, 0.15) is 5.75 Å². The molecule has 0 aliphatic carbocycles. The molecule has 0 bridgehead atoms. The first kappa shape index (κ1) is 17.4. The smallest absolute Gasteiger partial charge is 0.262 e. The standard InChI is InChI=1S/C22H15N3O3S/c26-20-11-28-19-8-7-15(10-17(19)23-20)18-12-29-22(24-18)25-21(27)16-6-5-13-3-1-2-4-14(13)9-16/h1-10,12H,11H2,(H,23,26)(H,24,25,27). The van der Waals surface area contributed by atoms with E-state index in [0.717, 1.165) is 16.3 Å². The van der Waals surface area contributed by atoms with Gasteiger partial charge in [0.05, 0.1) is 11.4 Å². The number of anilines is 2. The Morgan fingerprint density at radius 1 is 1.07 bits per heavy atom. The minimum atomic E-state index is -0.206. The summed E-state index contributed by atoms with van der Waals surface area (Å²) in [7, 11) is 0. The van der Waals surface area contributed by atoms with E-state index in [4.69, 9.17) is 4.74 Å². The zero-order valence-electron chi connectivity index (χ0n) is 15.1. The number of nitrogens with one attached hydrogen (secondary N) is 2. The van der Waals surface area contributed by atoms with Crippen molar-refractivity contribution in [3.05, 3.63) is 71.6 Å². The second-order valence-electron chi connectivity index (χ2n) is 6.60. The molecule has 0 radical (unpaired) electrons. The number of thiazole rings is 1. The zero-order chi connectivity index (χ0) is 19.8. The molecule has 6 nitrogen and oxygen atoms in total. The molecular formula is C22H15N3O3S. The second kappa shape index (κ2) is 7.03. The van der Waals surface area contributed by atoms with Crippen molar-refractivity contribution in [1.29, 1.82) is 0 Å². The van der Waals surface area contributed by atoms with Gasteiger partial charge in [0.2, 0.25) is 0 Å². The highest BCUT2D eigenvalue weighted by molar-refractivity contribution is 7.14. The maximum Gasteiger partial charge on any atom is 0.262 e. The molecule has 2 heterocycles. The van der Waals surface area contributed by atoms with Crippen molar-refractivity contribution in [2.24, 2.45) is 0 Å². The van der Waals surface area contributed by atoms with Crippen molar-refractivity contribution < 1.29 is 14.3 Å². The van der Waals surface area contributed by atoms with Gasteiger partial charge in [-0.25, -0.2) is 4.98 Å². The lowest BCUT2D eigenvalue weighted by Crippen LogP contribution is -2.25. The van der Waals surface area contributed by atoms with Gasteiger partial charge < -0.3 is 10.1 Å². The van der Waals surface area contributed by atoms with Gasteiger partial charge in [-0.2, -0.15) is 0 Å². The number of ether oxygens (including phenoxy) is 1. The first-order chi connectivity index (χ1) is 14.2. The van der Waals surface area contributed by atoms with E-state index in [1.807, 2.05) is 53.9 Å². The van der Waals surface area contributed by atoms with Gasteiger partial charge in [0.25, 0.3) is 11.8 Å². The molecule has 29 heavy (non-hydrogen) atoms. The number of hydrogen-bond acceptors (Lipinski definition) is 5. The van der Waals surface area contributed by atoms with E-state index in [-0.39, 0.29) is 18.4 Å². The minimum Gasteiger partial charge on any atom is -0.482 e. The van der Waals surface area contributed by atoms with Crippen LogP contribution in [0.3, 0.4) is 0 Å². The molecular weight excluding hydrogens is 386 g/mol. The lowest BCUT2D eigenvalue weighted by molar-refractivity contribution is -0.118. The summed E-state index contributed by atoms with van der Waals surface area (Å²) in [6.07, 6.45) is 0. The van der Waals surface area contributed by atoms with Crippen LogP contribution in [0.1, 0.15) is 10.4 Å². The van der Waals surface area contributed by atoms with Gasteiger partial charge >= 0.3 is 0 Å². The maximum absolute atomic E-state index is 12.6. The van der Waals surface area contributed by atoms with E-state index in [9.17, 15) is 9.59 Å². The van der Waals surface area contributed by atoms with Gasteiger partial charge in [0, 0.05) is 16.5 Å². The molecule has 7 heteroatoms. The van der Waals surface area contributed by atoms with Gasteiger partial charge in [-0.05, 0) is 41.1 Å². The quantitative estimate of drug-likeness (QED) is 0.528. The van der Waals surface area contributed by atoms with Crippen LogP contribution in [0, 0.1) is 0 Å². The molecule has 4 aromatic rings. The van der Waals surface area contributed by atoms with Crippen LogP contribution >= 0.6 is 11.3 Å². The highest BCUT2D eigenvalue weighted by Crippen LogP contribution is 2.33. The molecule has 142 valence electrons. The molecule has 1 aliphatic rings. The van der Waals surface area contributed by atoms with Crippen LogP contribution in [0.15, 0.2) is 66.0 Å². The van der Waals surface area contributed by atoms with Crippen molar-refractivity contribution in [1.82, 2.24) is 4.98 Å². The predicted octanol–water partition coefficient (Wildman–Crippen LogP) is 4.55. The monoisotopic (exact) mass is 401 g/mol. The highest BCUT2D eigenvalue weighted by atomic mass is 32.1. The fourth-order valence-corrected chi connectivity index (χ4v) is 3.92. The number of nitrogens with zero attached hydrogens (tertiary/aromatic N) is 1. The summed E-state index contributed by atoms with van der Waals surface area (Å²) in [5.41, 5.74) is 2.74. The average molecular weight is 401 g/mol. The highest BCUT2D eigenvalue weighted by Gasteiger charge is 2.17. The molecule has 2 N–H and O–H groups in total. The molecule has 0 atom stereocenters. The van der Waals surface area contributed by atoms with Gasteiger partial charge in [-0.3, -0.25) is 14.9 Å². The first-order valence-corrected chi connectivity index (χ1v) is 9.86. The maximum atomic E-state index is 12.6. The number of aromatic nitrogens is 1. The molecule has 1 aliphatic heterocycles. The molecule has 5 rings (SSSR count). The number of rotatable bonds is 3. The third-order valence-corrected chi connectivity index (χ3v) is 5.40. The molecule has 0 unspecified atom stereocenters. The molecule has 1 aromatic heterocycles. The number of amides is 2. The fourth-order valence-electron chi connectivity index (χ4n) is 3.21. The summed E-state index contributed by atoms with van der Waals surface area (Å²) in [4.78, 5) is 28.7. The van der Waals surface area contributed by atoms with Crippen molar-refractivity contribution in [3.63, 3.8) is 0 Å². The third-order valence-electron chi connectivity index (χ3n) is 4.64. The first-order valence-electron chi connectivity index (χ1n) is 8.98. The van der Waals surface area contributed by atoms with Crippen LogP contribution < -0.4 is 15.4 Å². The van der Waals surface area contributed by atoms with E-state index in [1.165, 1.54) is 11.3 Å². The Hall–Kier alpha value is -3.71. The molecule has 2 amide bonds. The van der Waals surface area contributed by atoms with Crippen molar-refractivity contribution in [2.75, 3.05) is 17.2 Å². The van der Waals surface area contributed by atoms with Crippen LogP contribution in [0.4, 0.5) is 10.8 Å². The van der Waals surface area contributed by atoms with E-state index in [2.05, 4.69) is 15.6 Å². The predicted molar refractivity (Wildman–Crippen MR) is 114 cm³/mol. The molecule has 0 saturated heterocycles. The Kier molecular flexibility index (Phi) is 4.22. The van der Waals surface area contributed by atoms with E-state index in [1.54, 1.807) is 12.1 Å². The van der Waals surface area contributed by atoms with Crippen LogP contribution in [0.2, 0.25) is 0 Å². The lowest BCUT2D eigenvalue weighted by Gasteiger charge is -2.18. The number of benzene rings is 3. The normalized spacial score (nSPS) is 12.8. The Morgan fingerprint density at radius 2 is 1.93 bits per heavy atom. The number of hydrogen-bond donors (Lipinski definition) is 2. The third kappa shape index (κ3) is 3.43. The van der Waals surface area contributed by atoms with Crippen LogP contribution in [0.25, 0.3) is 22.0 Å². The van der Waals surface area contributed by atoms with Crippen LogP contribution in [-0.2, 0) is 4.79 Å². The lowest BCUT2D eigenvalue weighted by atomic mass is 10.1. The van der Waals surface area contributed by atoms with Crippen molar-refractivity contribution in [3.8, 4) is 17.0 Å². The van der Waals surface area contributed by atoms with E-state index in [0.29, 0.717) is 27.8 Å². The molecule has 0 spiro atoms. The Morgan fingerprint density at radius 3 is 2.83 bits per heavy atom. The Balaban J connectivity index is 1.36. The van der Waals surface area contributed by atoms with Crippen molar-refractivity contribution >= 4 is 44.7 Å². The van der Waals surface area contributed by atoms with Gasteiger partial charge in [0.15, 0.2) is 11.7 Å². The van der Waals surface area contributed by atoms with E-state index >= 15 is 0 Å². The zero-order valence-corrected chi connectivity index (χ0v) is 16.0. The second-order valence-corrected chi connectivity index (χ2v) is 7.46. The number of carbonyl (C=O) groups is 2. The SMILES string of the molecule is O=C1COc2ccc(-c3csc(NC(=O)c4ccc5ccccc5c4)n3)cc2N1. The van der Waals surface area contributed by atoms with E-state index < -0.39 is 0 Å². The molecule has 0 saturated carbocycles. The minimum absolute atomic E-state index is 0.0218. The van der Waals surface area contributed by atoms with Gasteiger partial charge in [-0.15, -0.1) is 11.3 Å². The van der Waals surface area contributed by atoms with Crippen LogP contribution in [-0.4, -0.2) is 23.4 Å². The summed E-state index contributed by atoms with van der Waals surface area (Å²) < 4.78 is 5.38. The van der Waals surface area contributed by atoms with Gasteiger partial charge in [-0.1, -0.05) is 30.3 Å². The summed E-state index contributed by atoms with van der Waals surface area (Å²) in [5.74, 6) is 0.243. The average Bonchev–Trinajstić information content (AvgIpc) is 3.21.